The fourth-order valence-corrected chi connectivity index (χ4v) is 3.05. The maximum atomic E-state index is 6.07. The van der Waals surface area contributed by atoms with Crippen molar-refractivity contribution in [3.63, 3.8) is 0 Å². The van der Waals surface area contributed by atoms with E-state index in [1.54, 1.807) is 0 Å². The van der Waals surface area contributed by atoms with Crippen LogP contribution in [-0.4, -0.2) is 18.1 Å². The highest BCUT2D eigenvalue weighted by Gasteiger charge is 2.27. The third kappa shape index (κ3) is 3.66. The second-order valence-corrected chi connectivity index (χ2v) is 6.15. The molecule has 1 aliphatic heterocycles. The minimum absolute atomic E-state index is 0.187. The molecule has 0 spiro atoms. The van der Waals surface area contributed by atoms with Gasteiger partial charge >= 0.3 is 0 Å². The minimum atomic E-state index is 0.187. The number of hydrogen-bond acceptors (Lipinski definition) is 3. The van der Waals surface area contributed by atoms with Crippen LogP contribution >= 0.6 is 0 Å². The van der Waals surface area contributed by atoms with Gasteiger partial charge in [-0.05, 0) is 44.4 Å². The van der Waals surface area contributed by atoms with Crippen LogP contribution in [0.3, 0.4) is 0 Å². The van der Waals surface area contributed by atoms with E-state index in [2.05, 4.69) is 41.5 Å². The average molecular weight is 296 g/mol. The zero-order valence-corrected chi connectivity index (χ0v) is 13.4. The van der Waals surface area contributed by atoms with Crippen molar-refractivity contribution in [2.24, 2.45) is 5.92 Å². The summed E-state index contributed by atoms with van der Waals surface area (Å²) >= 11 is 0. The number of rotatable bonds is 4. The van der Waals surface area contributed by atoms with Gasteiger partial charge in [-0.3, -0.25) is 0 Å². The Morgan fingerprint density at radius 3 is 2.73 bits per heavy atom. The zero-order valence-electron chi connectivity index (χ0n) is 13.4. The molecule has 1 saturated heterocycles. The smallest absolute Gasteiger partial charge is 0.126 e. The van der Waals surface area contributed by atoms with E-state index in [0.29, 0.717) is 5.92 Å². The summed E-state index contributed by atoms with van der Waals surface area (Å²) in [4.78, 5) is 4.52. The Balaban J connectivity index is 1.68. The van der Waals surface area contributed by atoms with Crippen molar-refractivity contribution >= 4 is 5.82 Å². The Kier molecular flexibility index (Phi) is 4.74. The van der Waals surface area contributed by atoms with Crippen LogP contribution in [0.2, 0.25) is 0 Å². The molecule has 0 saturated carbocycles. The Labute approximate surface area is 132 Å². The average Bonchev–Trinajstić information content (AvgIpc) is 2.54. The van der Waals surface area contributed by atoms with Gasteiger partial charge in [0, 0.05) is 24.8 Å². The molecule has 0 bridgehead atoms. The molecule has 0 radical (unpaired) electrons. The van der Waals surface area contributed by atoms with E-state index >= 15 is 0 Å². The van der Waals surface area contributed by atoms with Gasteiger partial charge in [-0.15, -0.1) is 0 Å². The van der Waals surface area contributed by atoms with Crippen molar-refractivity contribution in [2.75, 3.05) is 18.5 Å². The van der Waals surface area contributed by atoms with Crippen molar-refractivity contribution in [3.05, 3.63) is 59.3 Å². The molecule has 1 N–H and O–H groups in total. The first kappa shape index (κ1) is 15.0. The molecule has 2 unspecified atom stereocenters. The fourth-order valence-electron chi connectivity index (χ4n) is 3.05. The molecule has 1 aromatic carbocycles. The van der Waals surface area contributed by atoms with Crippen LogP contribution in [0.5, 0.6) is 0 Å². The first-order valence-electron chi connectivity index (χ1n) is 8.08. The molecule has 1 aliphatic rings. The van der Waals surface area contributed by atoms with Gasteiger partial charge in [0.1, 0.15) is 5.82 Å². The molecule has 3 nitrogen and oxygen atoms in total. The molecular weight excluding hydrogens is 272 g/mol. The number of aromatic nitrogens is 1. The fraction of sp³-hybridized carbons (Fsp3) is 0.421. The molecule has 2 atom stereocenters. The second kappa shape index (κ2) is 6.93. The van der Waals surface area contributed by atoms with Gasteiger partial charge in [0.15, 0.2) is 0 Å². The van der Waals surface area contributed by atoms with Gasteiger partial charge in [-0.2, -0.15) is 0 Å². The summed E-state index contributed by atoms with van der Waals surface area (Å²) in [6, 6.07) is 14.8. The lowest BCUT2D eigenvalue weighted by molar-refractivity contribution is -0.0238. The van der Waals surface area contributed by atoms with E-state index in [9.17, 15) is 0 Å². The van der Waals surface area contributed by atoms with Gasteiger partial charge in [-0.25, -0.2) is 4.98 Å². The third-order valence-corrected chi connectivity index (χ3v) is 4.28. The summed E-state index contributed by atoms with van der Waals surface area (Å²) in [6.45, 7) is 5.89. The maximum absolute atomic E-state index is 6.07. The predicted octanol–water partition coefficient (Wildman–Crippen LogP) is 4.28. The second-order valence-electron chi connectivity index (χ2n) is 6.15. The molecule has 2 aromatic rings. The van der Waals surface area contributed by atoms with Crippen molar-refractivity contribution in [1.29, 1.82) is 0 Å². The van der Waals surface area contributed by atoms with Gasteiger partial charge in [0.05, 0.1) is 6.10 Å². The predicted molar refractivity (Wildman–Crippen MR) is 90.1 cm³/mol. The van der Waals surface area contributed by atoms with E-state index in [0.717, 1.165) is 31.1 Å². The molecule has 22 heavy (non-hydrogen) atoms. The van der Waals surface area contributed by atoms with Crippen LogP contribution in [-0.2, 0) is 4.74 Å². The van der Waals surface area contributed by atoms with Crippen LogP contribution < -0.4 is 5.32 Å². The van der Waals surface area contributed by atoms with Crippen molar-refractivity contribution in [2.45, 2.75) is 32.8 Å². The van der Waals surface area contributed by atoms with Crippen molar-refractivity contribution in [1.82, 2.24) is 4.98 Å². The summed E-state index contributed by atoms with van der Waals surface area (Å²) in [5.74, 6) is 1.44. The number of hydrogen-bond donors (Lipinski definition) is 1. The third-order valence-electron chi connectivity index (χ3n) is 4.28. The van der Waals surface area contributed by atoms with Gasteiger partial charge < -0.3 is 10.1 Å². The SMILES string of the molecule is Cc1ccc(C2OCCCC2CNc2cccc(C)n2)cc1. The number of aryl methyl sites for hydroxylation is 2. The van der Waals surface area contributed by atoms with Crippen LogP contribution in [0.15, 0.2) is 42.5 Å². The number of anilines is 1. The van der Waals surface area contributed by atoms with E-state index in [4.69, 9.17) is 4.74 Å². The van der Waals surface area contributed by atoms with E-state index < -0.39 is 0 Å². The molecule has 1 aromatic heterocycles. The van der Waals surface area contributed by atoms with E-state index in [1.165, 1.54) is 17.5 Å². The quantitative estimate of drug-likeness (QED) is 0.914. The van der Waals surface area contributed by atoms with Gasteiger partial charge in [0.2, 0.25) is 0 Å². The molecule has 0 aliphatic carbocycles. The van der Waals surface area contributed by atoms with Gasteiger partial charge in [-0.1, -0.05) is 35.9 Å². The highest BCUT2D eigenvalue weighted by Crippen LogP contribution is 2.33. The normalized spacial score (nSPS) is 21.5. The van der Waals surface area contributed by atoms with Crippen molar-refractivity contribution in [3.8, 4) is 0 Å². The Morgan fingerprint density at radius 2 is 1.95 bits per heavy atom. The van der Waals surface area contributed by atoms with Crippen LogP contribution in [0.4, 0.5) is 5.82 Å². The van der Waals surface area contributed by atoms with Gasteiger partial charge in [0.25, 0.3) is 0 Å². The molecule has 0 amide bonds. The Bertz CT molecular complexity index is 609. The first-order valence-corrected chi connectivity index (χ1v) is 8.08. The molecule has 2 heterocycles. The molecule has 116 valence electrons. The molecular formula is C19H24N2O. The highest BCUT2D eigenvalue weighted by molar-refractivity contribution is 5.35. The summed E-state index contributed by atoms with van der Waals surface area (Å²) in [6.07, 6.45) is 2.51. The molecule has 3 rings (SSSR count). The van der Waals surface area contributed by atoms with Crippen LogP contribution in [0.1, 0.15) is 35.8 Å². The standard InChI is InChI=1S/C19H24N2O/c1-14-8-10-16(11-9-14)19-17(6-4-12-22-19)13-20-18-7-3-5-15(2)21-18/h3,5,7-11,17,19H,4,6,12-13H2,1-2H3,(H,20,21). The summed E-state index contributed by atoms with van der Waals surface area (Å²) < 4.78 is 6.07. The number of benzene rings is 1. The summed E-state index contributed by atoms with van der Waals surface area (Å²) in [7, 11) is 0. The largest absolute Gasteiger partial charge is 0.373 e. The number of ether oxygens (including phenoxy) is 1. The summed E-state index contributed by atoms with van der Waals surface area (Å²) in [5.41, 5.74) is 3.62. The van der Waals surface area contributed by atoms with Crippen LogP contribution in [0.25, 0.3) is 0 Å². The van der Waals surface area contributed by atoms with E-state index in [-0.39, 0.29) is 6.10 Å². The lowest BCUT2D eigenvalue weighted by Crippen LogP contribution is -2.28. The van der Waals surface area contributed by atoms with Crippen LogP contribution in [0, 0.1) is 19.8 Å². The summed E-state index contributed by atoms with van der Waals surface area (Å²) in [5, 5.41) is 3.48. The Hall–Kier alpha value is -1.87. The highest BCUT2D eigenvalue weighted by atomic mass is 16.5. The monoisotopic (exact) mass is 296 g/mol. The maximum Gasteiger partial charge on any atom is 0.126 e. The number of pyridine rings is 1. The first-order chi connectivity index (χ1) is 10.7. The van der Waals surface area contributed by atoms with Crippen molar-refractivity contribution < 1.29 is 4.74 Å². The number of nitrogens with one attached hydrogen (secondary N) is 1. The lowest BCUT2D eigenvalue weighted by Gasteiger charge is -2.32. The molecule has 1 fully saturated rings. The molecule has 3 heteroatoms. The minimum Gasteiger partial charge on any atom is -0.373 e. The zero-order chi connectivity index (χ0) is 15.4. The Morgan fingerprint density at radius 1 is 1.14 bits per heavy atom. The van der Waals surface area contributed by atoms with E-state index in [1.807, 2.05) is 25.1 Å². The lowest BCUT2D eigenvalue weighted by atomic mass is 9.89. The number of nitrogens with zero attached hydrogens (tertiary/aromatic N) is 1. The topological polar surface area (TPSA) is 34.1 Å².